The SMILES string of the molecule is COc1cc(C(=O)N2CCNC(=O)[C@H]2CC(=O)Nc2cccc(C)c2)cc(OC)c1OC. The summed E-state index contributed by atoms with van der Waals surface area (Å²) in [6.45, 7) is 2.48. The van der Waals surface area contributed by atoms with Gasteiger partial charge >= 0.3 is 0 Å². The van der Waals surface area contributed by atoms with Crippen LogP contribution in [0.25, 0.3) is 0 Å². The lowest BCUT2D eigenvalue weighted by atomic mass is 10.0. The highest BCUT2D eigenvalue weighted by Crippen LogP contribution is 2.38. The number of amides is 3. The largest absolute Gasteiger partial charge is 0.493 e. The van der Waals surface area contributed by atoms with Crippen molar-refractivity contribution in [3.8, 4) is 17.2 Å². The number of nitrogens with zero attached hydrogens (tertiary/aromatic N) is 1. The smallest absolute Gasteiger partial charge is 0.254 e. The van der Waals surface area contributed by atoms with Crippen LogP contribution in [0.5, 0.6) is 17.2 Å². The van der Waals surface area contributed by atoms with Gasteiger partial charge in [0, 0.05) is 24.3 Å². The topological polar surface area (TPSA) is 106 Å². The van der Waals surface area contributed by atoms with E-state index in [1.54, 1.807) is 6.07 Å². The van der Waals surface area contributed by atoms with Crippen molar-refractivity contribution in [1.82, 2.24) is 10.2 Å². The highest BCUT2D eigenvalue weighted by molar-refractivity contribution is 6.01. The van der Waals surface area contributed by atoms with E-state index in [9.17, 15) is 14.4 Å². The summed E-state index contributed by atoms with van der Waals surface area (Å²) in [5, 5.41) is 5.52. The molecule has 170 valence electrons. The standard InChI is InChI=1S/C23H27N3O6/c1-14-6-5-7-16(10-14)25-20(27)13-17-22(28)24-8-9-26(17)23(29)15-11-18(30-2)21(32-4)19(12-15)31-3/h5-7,10-12,17H,8-9,13H2,1-4H3,(H,24,28)(H,25,27)/t17-/m1/s1. The molecule has 3 amide bonds. The van der Waals surface area contributed by atoms with Gasteiger partial charge < -0.3 is 29.7 Å². The first kappa shape index (κ1) is 22.9. The highest BCUT2D eigenvalue weighted by atomic mass is 16.5. The summed E-state index contributed by atoms with van der Waals surface area (Å²) in [5.74, 6) is -0.142. The van der Waals surface area contributed by atoms with Crippen molar-refractivity contribution in [1.29, 1.82) is 0 Å². The van der Waals surface area contributed by atoms with Crippen LogP contribution in [0.2, 0.25) is 0 Å². The second kappa shape index (κ2) is 10.0. The number of carbonyl (C=O) groups is 3. The maximum absolute atomic E-state index is 13.3. The molecule has 9 heteroatoms. The molecule has 2 N–H and O–H groups in total. The van der Waals surface area contributed by atoms with E-state index < -0.39 is 11.9 Å². The number of methoxy groups -OCH3 is 3. The van der Waals surface area contributed by atoms with E-state index in [0.29, 0.717) is 29.5 Å². The van der Waals surface area contributed by atoms with E-state index in [0.717, 1.165) is 5.56 Å². The quantitative estimate of drug-likeness (QED) is 0.681. The minimum Gasteiger partial charge on any atom is -0.493 e. The molecule has 32 heavy (non-hydrogen) atoms. The van der Waals surface area contributed by atoms with E-state index in [1.807, 2.05) is 25.1 Å². The molecule has 0 unspecified atom stereocenters. The number of hydrogen-bond acceptors (Lipinski definition) is 6. The Hall–Kier alpha value is -3.75. The first-order chi connectivity index (χ1) is 15.4. The predicted molar refractivity (Wildman–Crippen MR) is 118 cm³/mol. The maximum atomic E-state index is 13.3. The Kier molecular flexibility index (Phi) is 7.19. The fraction of sp³-hybridized carbons (Fsp3) is 0.348. The molecule has 2 aromatic carbocycles. The van der Waals surface area contributed by atoms with Gasteiger partial charge in [-0.05, 0) is 36.8 Å². The number of hydrogen-bond donors (Lipinski definition) is 2. The van der Waals surface area contributed by atoms with Gasteiger partial charge in [0.2, 0.25) is 17.6 Å². The number of benzene rings is 2. The van der Waals surface area contributed by atoms with Crippen LogP contribution in [-0.2, 0) is 9.59 Å². The average Bonchev–Trinajstić information content (AvgIpc) is 2.78. The second-order valence-electron chi connectivity index (χ2n) is 7.34. The zero-order valence-electron chi connectivity index (χ0n) is 18.6. The van der Waals surface area contributed by atoms with Crippen molar-refractivity contribution in [2.24, 2.45) is 0 Å². The van der Waals surface area contributed by atoms with Gasteiger partial charge in [-0.2, -0.15) is 0 Å². The van der Waals surface area contributed by atoms with E-state index in [-0.39, 0.29) is 30.3 Å². The fourth-order valence-electron chi connectivity index (χ4n) is 3.64. The lowest BCUT2D eigenvalue weighted by molar-refractivity contribution is -0.131. The van der Waals surface area contributed by atoms with Crippen molar-refractivity contribution in [3.63, 3.8) is 0 Å². The van der Waals surface area contributed by atoms with E-state index in [1.165, 1.54) is 38.4 Å². The van der Waals surface area contributed by atoms with Crippen LogP contribution in [0, 0.1) is 6.92 Å². The van der Waals surface area contributed by atoms with Crippen LogP contribution >= 0.6 is 0 Å². The molecule has 1 heterocycles. The molecular formula is C23H27N3O6. The second-order valence-corrected chi connectivity index (χ2v) is 7.34. The molecule has 1 aliphatic heterocycles. The first-order valence-corrected chi connectivity index (χ1v) is 10.1. The molecule has 1 aliphatic rings. The van der Waals surface area contributed by atoms with Crippen molar-refractivity contribution < 1.29 is 28.6 Å². The third kappa shape index (κ3) is 4.93. The molecule has 1 saturated heterocycles. The average molecular weight is 441 g/mol. The normalized spacial score (nSPS) is 15.6. The molecular weight excluding hydrogens is 414 g/mol. The van der Waals surface area contributed by atoms with Crippen LogP contribution in [0.3, 0.4) is 0 Å². The summed E-state index contributed by atoms with van der Waals surface area (Å²) in [7, 11) is 4.39. The number of piperazine rings is 1. The number of aryl methyl sites for hydroxylation is 1. The van der Waals surface area contributed by atoms with E-state index in [2.05, 4.69) is 10.6 Å². The Bertz CT molecular complexity index is 998. The van der Waals surface area contributed by atoms with Gasteiger partial charge in [0.25, 0.3) is 5.91 Å². The number of carbonyl (C=O) groups excluding carboxylic acids is 3. The Morgan fingerprint density at radius 3 is 2.38 bits per heavy atom. The monoisotopic (exact) mass is 441 g/mol. The van der Waals surface area contributed by atoms with Crippen molar-refractivity contribution >= 4 is 23.4 Å². The van der Waals surface area contributed by atoms with Crippen molar-refractivity contribution in [2.75, 3.05) is 39.7 Å². The van der Waals surface area contributed by atoms with E-state index >= 15 is 0 Å². The lowest BCUT2D eigenvalue weighted by Gasteiger charge is -2.35. The van der Waals surface area contributed by atoms with Crippen LogP contribution in [0.1, 0.15) is 22.3 Å². The lowest BCUT2D eigenvalue weighted by Crippen LogP contribution is -2.58. The summed E-state index contributed by atoms with van der Waals surface area (Å²) in [6, 6.07) is 9.46. The minimum atomic E-state index is -0.944. The number of rotatable bonds is 7. The van der Waals surface area contributed by atoms with Gasteiger partial charge in [-0.25, -0.2) is 0 Å². The Morgan fingerprint density at radius 1 is 1.09 bits per heavy atom. The summed E-state index contributed by atoms with van der Waals surface area (Å²) >= 11 is 0. The zero-order valence-corrected chi connectivity index (χ0v) is 18.6. The third-order valence-electron chi connectivity index (χ3n) is 5.18. The molecule has 0 aromatic heterocycles. The third-order valence-corrected chi connectivity index (χ3v) is 5.18. The molecule has 0 bridgehead atoms. The van der Waals surface area contributed by atoms with Crippen LogP contribution in [-0.4, -0.2) is 63.1 Å². The molecule has 0 radical (unpaired) electrons. The van der Waals surface area contributed by atoms with Gasteiger partial charge in [0.15, 0.2) is 11.5 Å². The predicted octanol–water partition coefficient (Wildman–Crippen LogP) is 1.99. The summed E-state index contributed by atoms with van der Waals surface area (Å²) in [4.78, 5) is 40.0. The van der Waals surface area contributed by atoms with Gasteiger partial charge in [-0.3, -0.25) is 14.4 Å². The maximum Gasteiger partial charge on any atom is 0.254 e. The molecule has 1 atom stereocenters. The minimum absolute atomic E-state index is 0.171. The molecule has 9 nitrogen and oxygen atoms in total. The van der Waals surface area contributed by atoms with Crippen molar-refractivity contribution in [2.45, 2.75) is 19.4 Å². The molecule has 0 saturated carbocycles. The number of anilines is 1. The van der Waals surface area contributed by atoms with Crippen LogP contribution in [0.15, 0.2) is 36.4 Å². The van der Waals surface area contributed by atoms with Gasteiger partial charge in [0.1, 0.15) is 6.04 Å². The van der Waals surface area contributed by atoms with Crippen molar-refractivity contribution in [3.05, 3.63) is 47.5 Å². The van der Waals surface area contributed by atoms with Gasteiger partial charge in [-0.1, -0.05) is 12.1 Å². The molecule has 0 spiro atoms. The fourth-order valence-corrected chi connectivity index (χ4v) is 3.64. The molecule has 2 aromatic rings. The van der Waals surface area contributed by atoms with Crippen LogP contribution in [0.4, 0.5) is 5.69 Å². The number of nitrogens with one attached hydrogen (secondary N) is 2. The molecule has 1 fully saturated rings. The Morgan fingerprint density at radius 2 is 1.78 bits per heavy atom. The Balaban J connectivity index is 1.84. The van der Waals surface area contributed by atoms with Gasteiger partial charge in [-0.15, -0.1) is 0 Å². The Labute approximate surface area is 186 Å². The summed E-state index contributed by atoms with van der Waals surface area (Å²) in [5.41, 5.74) is 1.89. The van der Waals surface area contributed by atoms with Crippen LogP contribution < -0.4 is 24.8 Å². The zero-order chi connectivity index (χ0) is 23.3. The molecule has 0 aliphatic carbocycles. The van der Waals surface area contributed by atoms with Gasteiger partial charge in [0.05, 0.1) is 27.8 Å². The van der Waals surface area contributed by atoms with E-state index in [4.69, 9.17) is 14.2 Å². The number of ether oxygens (including phenoxy) is 3. The first-order valence-electron chi connectivity index (χ1n) is 10.1. The summed E-state index contributed by atoms with van der Waals surface area (Å²) < 4.78 is 16.0. The summed E-state index contributed by atoms with van der Waals surface area (Å²) in [6.07, 6.45) is -0.171. The molecule has 3 rings (SSSR count). The highest BCUT2D eigenvalue weighted by Gasteiger charge is 2.35.